The van der Waals surface area contributed by atoms with Gasteiger partial charge < -0.3 is 5.32 Å². The number of rotatable bonds is 4. The number of nitrogens with one attached hydrogen (secondary N) is 1. The van der Waals surface area contributed by atoms with E-state index in [9.17, 15) is 4.39 Å². The van der Waals surface area contributed by atoms with Crippen LogP contribution in [-0.2, 0) is 0 Å². The number of halogens is 2. The summed E-state index contributed by atoms with van der Waals surface area (Å²) in [5, 5.41) is 3.61. The first-order valence-electron chi connectivity index (χ1n) is 7.31. The average molecular weight is 328 g/mol. The third-order valence-electron chi connectivity index (χ3n) is 4.27. The Bertz CT molecular complexity index is 421. The molecule has 0 aliphatic heterocycles. The van der Waals surface area contributed by atoms with Gasteiger partial charge in [0.05, 0.1) is 0 Å². The van der Waals surface area contributed by atoms with Gasteiger partial charge in [0, 0.05) is 22.1 Å². The molecule has 0 heterocycles. The van der Waals surface area contributed by atoms with Crippen molar-refractivity contribution in [1.82, 2.24) is 5.32 Å². The van der Waals surface area contributed by atoms with Gasteiger partial charge in [-0.25, -0.2) is 4.39 Å². The quantitative estimate of drug-likeness (QED) is 0.800. The fourth-order valence-corrected chi connectivity index (χ4v) is 3.48. The minimum atomic E-state index is -0.119. The summed E-state index contributed by atoms with van der Waals surface area (Å²) < 4.78 is 14.8. The molecule has 0 bridgehead atoms. The van der Waals surface area contributed by atoms with E-state index in [1.54, 1.807) is 6.07 Å². The van der Waals surface area contributed by atoms with Gasteiger partial charge >= 0.3 is 0 Å². The van der Waals surface area contributed by atoms with Crippen LogP contribution in [-0.4, -0.2) is 6.04 Å². The molecule has 0 radical (unpaired) electrons. The van der Waals surface area contributed by atoms with Crippen molar-refractivity contribution in [1.29, 1.82) is 0 Å². The van der Waals surface area contributed by atoms with Gasteiger partial charge in [-0.1, -0.05) is 42.1 Å². The molecule has 3 unspecified atom stereocenters. The van der Waals surface area contributed by atoms with E-state index in [1.165, 1.54) is 38.2 Å². The molecule has 0 spiro atoms. The Labute approximate surface area is 124 Å². The van der Waals surface area contributed by atoms with Crippen molar-refractivity contribution >= 4 is 15.9 Å². The van der Waals surface area contributed by atoms with E-state index < -0.39 is 0 Å². The number of hydrogen-bond donors (Lipinski definition) is 1. The lowest BCUT2D eigenvalue weighted by atomic mass is 9.84. The fraction of sp³-hybridized carbons (Fsp3) is 0.625. The van der Waals surface area contributed by atoms with E-state index in [0.717, 1.165) is 16.0 Å². The van der Waals surface area contributed by atoms with Gasteiger partial charge in [0.15, 0.2) is 0 Å². The summed E-state index contributed by atoms with van der Waals surface area (Å²) in [4.78, 5) is 0. The van der Waals surface area contributed by atoms with Crippen LogP contribution in [0.4, 0.5) is 4.39 Å². The van der Waals surface area contributed by atoms with Crippen molar-refractivity contribution in [2.45, 2.75) is 58.0 Å². The van der Waals surface area contributed by atoms with Crippen LogP contribution in [0.25, 0.3) is 0 Å². The zero-order valence-electron chi connectivity index (χ0n) is 11.8. The summed E-state index contributed by atoms with van der Waals surface area (Å²) in [5.41, 5.74) is 0.757. The Kier molecular flexibility index (Phi) is 5.40. The summed E-state index contributed by atoms with van der Waals surface area (Å²) in [6.07, 6.45) is 6.36. The molecule has 1 aromatic carbocycles. The van der Waals surface area contributed by atoms with Gasteiger partial charge in [0.1, 0.15) is 5.82 Å². The second-order valence-electron chi connectivity index (χ2n) is 5.69. The molecule has 19 heavy (non-hydrogen) atoms. The zero-order chi connectivity index (χ0) is 13.8. The van der Waals surface area contributed by atoms with Crippen LogP contribution < -0.4 is 5.32 Å². The van der Waals surface area contributed by atoms with Crippen LogP contribution in [0, 0.1) is 11.7 Å². The fourth-order valence-electron chi connectivity index (χ4n) is 3.10. The monoisotopic (exact) mass is 327 g/mol. The molecule has 1 fully saturated rings. The summed E-state index contributed by atoms with van der Waals surface area (Å²) in [5.74, 6) is 0.719. The van der Waals surface area contributed by atoms with Crippen LogP contribution in [0.15, 0.2) is 22.7 Å². The van der Waals surface area contributed by atoms with E-state index in [0.29, 0.717) is 6.04 Å². The minimum absolute atomic E-state index is 0.0677. The van der Waals surface area contributed by atoms with Crippen LogP contribution >= 0.6 is 15.9 Å². The summed E-state index contributed by atoms with van der Waals surface area (Å²) >= 11 is 3.42. The number of hydrogen-bond acceptors (Lipinski definition) is 1. The highest BCUT2D eigenvalue weighted by molar-refractivity contribution is 9.10. The SMILES string of the molecule is CCC1CCCC(NC(C)c2cc(Br)ccc2F)C1. The molecule has 2 rings (SSSR count). The molecule has 1 aliphatic carbocycles. The second kappa shape index (κ2) is 6.85. The van der Waals surface area contributed by atoms with Gasteiger partial charge in [-0.05, 0) is 43.9 Å². The normalized spacial score (nSPS) is 25.3. The predicted molar refractivity (Wildman–Crippen MR) is 81.7 cm³/mol. The summed E-state index contributed by atoms with van der Waals surface area (Å²) in [7, 11) is 0. The zero-order valence-corrected chi connectivity index (χ0v) is 13.3. The van der Waals surface area contributed by atoms with Crippen molar-refractivity contribution in [3.8, 4) is 0 Å². The van der Waals surface area contributed by atoms with Gasteiger partial charge in [-0.3, -0.25) is 0 Å². The molecule has 1 saturated carbocycles. The number of benzene rings is 1. The highest BCUT2D eigenvalue weighted by Crippen LogP contribution is 2.29. The van der Waals surface area contributed by atoms with Crippen LogP contribution in [0.5, 0.6) is 0 Å². The average Bonchev–Trinajstić information content (AvgIpc) is 2.41. The van der Waals surface area contributed by atoms with Crippen molar-refractivity contribution in [3.05, 3.63) is 34.1 Å². The van der Waals surface area contributed by atoms with E-state index in [-0.39, 0.29) is 11.9 Å². The molecule has 106 valence electrons. The topological polar surface area (TPSA) is 12.0 Å². The largest absolute Gasteiger partial charge is 0.307 e. The van der Waals surface area contributed by atoms with Crippen LogP contribution in [0.3, 0.4) is 0 Å². The Balaban J connectivity index is 2.00. The highest BCUT2D eigenvalue weighted by Gasteiger charge is 2.23. The van der Waals surface area contributed by atoms with E-state index in [4.69, 9.17) is 0 Å². The first-order chi connectivity index (χ1) is 9.10. The van der Waals surface area contributed by atoms with Gasteiger partial charge in [0.2, 0.25) is 0 Å². The standard InChI is InChI=1S/C16H23BrFN/c1-3-12-5-4-6-14(9-12)19-11(2)15-10-13(17)7-8-16(15)18/h7-8,10-12,14,19H,3-6,9H2,1-2H3. The van der Waals surface area contributed by atoms with E-state index in [2.05, 4.69) is 35.1 Å². The molecule has 1 nitrogen and oxygen atoms in total. The molecule has 3 heteroatoms. The smallest absolute Gasteiger partial charge is 0.128 e. The molecule has 0 amide bonds. The molecule has 1 N–H and O–H groups in total. The van der Waals surface area contributed by atoms with Crippen molar-refractivity contribution in [2.24, 2.45) is 5.92 Å². The molecule has 1 aliphatic rings. The lowest BCUT2D eigenvalue weighted by Gasteiger charge is -2.31. The first kappa shape index (κ1) is 15.0. The van der Waals surface area contributed by atoms with E-state index in [1.807, 2.05) is 6.07 Å². The van der Waals surface area contributed by atoms with Crippen molar-refractivity contribution in [2.75, 3.05) is 0 Å². The third kappa shape index (κ3) is 4.03. The molecular weight excluding hydrogens is 305 g/mol. The van der Waals surface area contributed by atoms with Crippen molar-refractivity contribution < 1.29 is 4.39 Å². The van der Waals surface area contributed by atoms with Crippen LogP contribution in [0.1, 0.15) is 57.6 Å². The Morgan fingerprint density at radius 2 is 2.21 bits per heavy atom. The third-order valence-corrected chi connectivity index (χ3v) is 4.76. The molecular formula is C16H23BrFN. The Morgan fingerprint density at radius 1 is 1.42 bits per heavy atom. The van der Waals surface area contributed by atoms with Crippen LogP contribution in [0.2, 0.25) is 0 Å². The van der Waals surface area contributed by atoms with Gasteiger partial charge in [-0.15, -0.1) is 0 Å². The minimum Gasteiger partial charge on any atom is -0.307 e. The van der Waals surface area contributed by atoms with E-state index >= 15 is 0 Å². The first-order valence-corrected chi connectivity index (χ1v) is 8.10. The van der Waals surface area contributed by atoms with Gasteiger partial charge in [-0.2, -0.15) is 0 Å². The maximum absolute atomic E-state index is 13.9. The lowest BCUT2D eigenvalue weighted by Crippen LogP contribution is -2.36. The van der Waals surface area contributed by atoms with Crippen molar-refractivity contribution in [3.63, 3.8) is 0 Å². The predicted octanol–water partition coefficient (Wildman–Crippen LogP) is 5.21. The summed E-state index contributed by atoms with van der Waals surface area (Å²) in [6, 6.07) is 5.77. The summed E-state index contributed by atoms with van der Waals surface area (Å²) in [6.45, 7) is 4.32. The Morgan fingerprint density at radius 3 is 2.95 bits per heavy atom. The lowest BCUT2D eigenvalue weighted by molar-refractivity contribution is 0.264. The maximum Gasteiger partial charge on any atom is 0.128 e. The highest BCUT2D eigenvalue weighted by atomic mass is 79.9. The van der Waals surface area contributed by atoms with Gasteiger partial charge in [0.25, 0.3) is 0 Å². The molecule has 1 aromatic rings. The molecule has 0 saturated heterocycles. The molecule has 3 atom stereocenters. The Hall–Kier alpha value is -0.410. The second-order valence-corrected chi connectivity index (χ2v) is 6.61. The molecule has 0 aromatic heterocycles. The maximum atomic E-state index is 13.9.